The van der Waals surface area contributed by atoms with Gasteiger partial charge in [-0.05, 0) is 42.5 Å². The van der Waals surface area contributed by atoms with Crippen molar-refractivity contribution in [2.24, 2.45) is 0 Å². The molecule has 2 aromatic carbocycles. The van der Waals surface area contributed by atoms with Gasteiger partial charge in [-0.1, -0.05) is 0 Å². The summed E-state index contributed by atoms with van der Waals surface area (Å²) in [7, 11) is 0. The molecule has 0 aliphatic heterocycles. The summed E-state index contributed by atoms with van der Waals surface area (Å²) in [4.78, 5) is 36.0. The predicted molar refractivity (Wildman–Crippen MR) is 97.1 cm³/mol. The molecule has 30 heavy (non-hydrogen) atoms. The second kappa shape index (κ2) is 8.55. The van der Waals surface area contributed by atoms with Gasteiger partial charge in [0.2, 0.25) is 5.91 Å². The zero-order valence-electron chi connectivity index (χ0n) is 15.0. The zero-order chi connectivity index (χ0) is 21.8. The van der Waals surface area contributed by atoms with Gasteiger partial charge < -0.3 is 10.6 Å². The van der Waals surface area contributed by atoms with Gasteiger partial charge in [-0.25, -0.2) is 17.6 Å². The van der Waals surface area contributed by atoms with Gasteiger partial charge in [0.1, 0.15) is 11.5 Å². The molecule has 7 nitrogen and oxygen atoms in total. The molecule has 3 aromatic rings. The van der Waals surface area contributed by atoms with E-state index in [0.29, 0.717) is 6.07 Å². The van der Waals surface area contributed by atoms with Gasteiger partial charge in [0.05, 0.1) is 17.9 Å². The van der Waals surface area contributed by atoms with E-state index in [4.69, 9.17) is 0 Å². The number of benzene rings is 2. The fourth-order valence-electron chi connectivity index (χ4n) is 2.37. The number of halogens is 4. The topological polar surface area (TPSA) is 93.1 Å². The van der Waals surface area contributed by atoms with Crippen LogP contribution in [0.2, 0.25) is 0 Å². The minimum atomic E-state index is -1.75. The maximum absolute atomic E-state index is 13.6. The highest BCUT2D eigenvalue weighted by atomic mass is 19.2. The Labute approximate surface area is 166 Å². The van der Waals surface area contributed by atoms with Crippen molar-refractivity contribution < 1.29 is 27.2 Å². The lowest BCUT2D eigenvalue weighted by Gasteiger charge is -2.09. The molecule has 1 aromatic heterocycles. The zero-order valence-corrected chi connectivity index (χ0v) is 15.0. The molecule has 0 radical (unpaired) electrons. The molecular formula is C19H12F4N4O3. The fraction of sp³-hybridized carbons (Fsp3) is 0.0526. The van der Waals surface area contributed by atoms with Crippen molar-refractivity contribution in [3.05, 3.63) is 87.8 Å². The Bertz CT molecular complexity index is 1180. The molecule has 0 saturated heterocycles. The van der Waals surface area contributed by atoms with Crippen LogP contribution in [-0.4, -0.2) is 28.1 Å². The summed E-state index contributed by atoms with van der Waals surface area (Å²) in [6.07, 6.45) is 0. The second-order valence-electron chi connectivity index (χ2n) is 5.90. The van der Waals surface area contributed by atoms with Gasteiger partial charge in [0.15, 0.2) is 17.5 Å². The molecule has 0 bridgehead atoms. The number of nitrogens with zero attached hydrogens (tertiary/aromatic N) is 2. The first kappa shape index (κ1) is 20.7. The van der Waals surface area contributed by atoms with Gasteiger partial charge in [-0.2, -0.15) is 9.78 Å². The van der Waals surface area contributed by atoms with Crippen LogP contribution in [0.1, 0.15) is 10.5 Å². The number of carbonyl (C=O) groups excluding carboxylic acids is 2. The van der Waals surface area contributed by atoms with Gasteiger partial charge in [0, 0.05) is 6.07 Å². The number of hydrogen-bond donors (Lipinski definition) is 2. The molecule has 0 unspecified atom stereocenters. The largest absolute Gasteiger partial charge is 0.342 e. The van der Waals surface area contributed by atoms with Crippen molar-refractivity contribution >= 4 is 17.5 Å². The average molecular weight is 420 g/mol. The minimum Gasteiger partial charge on any atom is -0.342 e. The number of carbonyl (C=O) groups is 2. The van der Waals surface area contributed by atoms with E-state index >= 15 is 0 Å². The van der Waals surface area contributed by atoms with Crippen LogP contribution in [0.25, 0.3) is 5.69 Å². The molecule has 2 amide bonds. The first-order valence-corrected chi connectivity index (χ1v) is 8.34. The third-order valence-corrected chi connectivity index (χ3v) is 3.82. The third-order valence-electron chi connectivity index (χ3n) is 3.82. The van der Waals surface area contributed by atoms with E-state index in [1.165, 1.54) is 12.1 Å². The lowest BCUT2D eigenvalue weighted by molar-refractivity contribution is -0.115. The summed E-state index contributed by atoms with van der Waals surface area (Å²) in [6, 6.07) is 8.43. The van der Waals surface area contributed by atoms with Crippen molar-refractivity contribution in [2.75, 3.05) is 11.9 Å². The lowest BCUT2D eigenvalue weighted by atomic mass is 10.2. The molecule has 0 spiro atoms. The summed E-state index contributed by atoms with van der Waals surface area (Å²) >= 11 is 0. The third kappa shape index (κ3) is 4.51. The minimum absolute atomic E-state index is 0.211. The monoisotopic (exact) mass is 420 g/mol. The van der Waals surface area contributed by atoms with Crippen LogP contribution in [0.3, 0.4) is 0 Å². The molecule has 3 rings (SSSR count). The van der Waals surface area contributed by atoms with E-state index in [1.807, 2.05) is 5.32 Å². The van der Waals surface area contributed by atoms with Crippen LogP contribution in [0.15, 0.2) is 53.3 Å². The van der Waals surface area contributed by atoms with Crippen LogP contribution in [0.4, 0.5) is 23.2 Å². The van der Waals surface area contributed by atoms with Gasteiger partial charge >= 0.3 is 0 Å². The van der Waals surface area contributed by atoms with E-state index in [-0.39, 0.29) is 11.4 Å². The lowest BCUT2D eigenvalue weighted by Crippen LogP contribution is -2.34. The highest BCUT2D eigenvalue weighted by Crippen LogP contribution is 2.19. The molecular weight excluding hydrogens is 408 g/mol. The predicted octanol–water partition coefficient (Wildman–Crippen LogP) is 2.16. The number of aromatic nitrogens is 2. The Hall–Kier alpha value is -4.02. The molecule has 2 N–H and O–H groups in total. The van der Waals surface area contributed by atoms with Crippen molar-refractivity contribution in [3.63, 3.8) is 0 Å². The summed E-state index contributed by atoms with van der Waals surface area (Å²) in [5.74, 6) is -7.02. The van der Waals surface area contributed by atoms with Gasteiger partial charge in [-0.3, -0.25) is 14.4 Å². The molecule has 1 heterocycles. The Kier molecular flexibility index (Phi) is 5.90. The average Bonchev–Trinajstić information content (AvgIpc) is 2.73. The van der Waals surface area contributed by atoms with Gasteiger partial charge in [-0.15, -0.1) is 0 Å². The summed E-state index contributed by atoms with van der Waals surface area (Å²) < 4.78 is 53.6. The van der Waals surface area contributed by atoms with Crippen LogP contribution in [-0.2, 0) is 4.79 Å². The summed E-state index contributed by atoms with van der Waals surface area (Å²) in [5, 5.41) is 8.04. The Morgan fingerprint density at radius 1 is 0.900 bits per heavy atom. The van der Waals surface area contributed by atoms with Crippen molar-refractivity contribution in [3.8, 4) is 5.69 Å². The molecule has 0 fully saturated rings. The Morgan fingerprint density at radius 2 is 1.60 bits per heavy atom. The number of nitrogens with one attached hydrogen (secondary N) is 2. The SMILES string of the molecule is O=C(CNC(=O)c1ccc(=O)n(-c2ccc(F)cc2)n1)Nc1ccc(F)c(F)c1F. The fourth-order valence-corrected chi connectivity index (χ4v) is 2.37. The summed E-state index contributed by atoms with van der Waals surface area (Å²) in [5.41, 5.74) is -1.20. The van der Waals surface area contributed by atoms with Crippen LogP contribution in [0.5, 0.6) is 0 Å². The van der Waals surface area contributed by atoms with Crippen LogP contribution in [0, 0.1) is 23.3 Å². The maximum atomic E-state index is 13.6. The quantitative estimate of drug-likeness (QED) is 0.489. The van der Waals surface area contributed by atoms with Gasteiger partial charge in [0.25, 0.3) is 11.5 Å². The van der Waals surface area contributed by atoms with Crippen LogP contribution >= 0.6 is 0 Å². The number of rotatable bonds is 5. The maximum Gasteiger partial charge on any atom is 0.272 e. The van der Waals surface area contributed by atoms with E-state index in [0.717, 1.165) is 35.0 Å². The summed E-state index contributed by atoms with van der Waals surface area (Å²) in [6.45, 7) is -0.644. The standard InChI is InChI=1S/C19H12F4N4O3/c20-10-1-3-11(4-2-10)27-16(29)8-7-14(26-27)19(30)24-9-15(28)25-13-6-5-12(21)17(22)18(13)23/h1-8H,9H2,(H,24,30)(H,25,28). The van der Waals surface area contributed by atoms with E-state index in [2.05, 4.69) is 10.4 Å². The van der Waals surface area contributed by atoms with E-state index in [1.54, 1.807) is 0 Å². The van der Waals surface area contributed by atoms with E-state index < -0.39 is 52.9 Å². The van der Waals surface area contributed by atoms with Crippen molar-refractivity contribution in [2.45, 2.75) is 0 Å². The number of anilines is 1. The Balaban J connectivity index is 1.68. The second-order valence-corrected chi connectivity index (χ2v) is 5.90. The molecule has 0 atom stereocenters. The van der Waals surface area contributed by atoms with Crippen molar-refractivity contribution in [1.82, 2.24) is 15.1 Å². The number of amides is 2. The molecule has 0 saturated carbocycles. The highest BCUT2D eigenvalue weighted by molar-refractivity contribution is 5.98. The van der Waals surface area contributed by atoms with E-state index in [9.17, 15) is 31.9 Å². The normalized spacial score (nSPS) is 10.5. The smallest absolute Gasteiger partial charge is 0.272 e. The highest BCUT2D eigenvalue weighted by Gasteiger charge is 2.16. The van der Waals surface area contributed by atoms with Crippen LogP contribution < -0.4 is 16.2 Å². The van der Waals surface area contributed by atoms with Crippen molar-refractivity contribution in [1.29, 1.82) is 0 Å². The molecule has 154 valence electrons. The molecule has 0 aliphatic rings. The first-order valence-electron chi connectivity index (χ1n) is 8.34. The Morgan fingerprint density at radius 3 is 2.30 bits per heavy atom. The molecule has 11 heteroatoms. The first-order chi connectivity index (χ1) is 14.3. The molecule has 0 aliphatic carbocycles. The number of hydrogen-bond acceptors (Lipinski definition) is 4.